The molecule has 0 N–H and O–H groups in total. The summed E-state index contributed by atoms with van der Waals surface area (Å²) in [4.78, 5) is 2.40. The predicted octanol–water partition coefficient (Wildman–Crippen LogP) is 2.11. The monoisotopic (exact) mass is 248 g/mol. The molecule has 0 bridgehead atoms. The van der Waals surface area contributed by atoms with Crippen LogP contribution in [0.1, 0.15) is 0 Å². The first-order valence-electron chi connectivity index (χ1n) is 6.37. The van der Waals surface area contributed by atoms with Gasteiger partial charge in [-0.3, -0.25) is 4.90 Å². The SMILES string of the molecule is Fc1ccc2c(ccn2CCN2CCOCC2)c1. The topological polar surface area (TPSA) is 17.4 Å². The first-order chi connectivity index (χ1) is 8.83. The average Bonchev–Trinajstić information content (AvgIpc) is 2.80. The van der Waals surface area contributed by atoms with Gasteiger partial charge in [0.25, 0.3) is 0 Å². The number of rotatable bonds is 3. The predicted molar refractivity (Wildman–Crippen MR) is 69.2 cm³/mol. The van der Waals surface area contributed by atoms with E-state index in [1.54, 1.807) is 6.07 Å². The van der Waals surface area contributed by atoms with Crippen molar-refractivity contribution >= 4 is 10.9 Å². The summed E-state index contributed by atoms with van der Waals surface area (Å²) in [6, 6.07) is 6.93. The molecular formula is C14H17FN2O. The van der Waals surface area contributed by atoms with Gasteiger partial charge in [-0.1, -0.05) is 0 Å². The molecule has 0 amide bonds. The van der Waals surface area contributed by atoms with E-state index < -0.39 is 0 Å². The summed E-state index contributed by atoms with van der Waals surface area (Å²) in [5.74, 6) is -0.173. The lowest BCUT2D eigenvalue weighted by atomic mass is 10.2. The van der Waals surface area contributed by atoms with Gasteiger partial charge in [0.05, 0.1) is 13.2 Å². The van der Waals surface area contributed by atoms with Crippen molar-refractivity contribution in [2.75, 3.05) is 32.8 Å². The van der Waals surface area contributed by atoms with Gasteiger partial charge in [0.1, 0.15) is 5.82 Å². The molecule has 4 heteroatoms. The number of fused-ring (bicyclic) bond motifs is 1. The van der Waals surface area contributed by atoms with Crippen molar-refractivity contribution < 1.29 is 9.13 Å². The molecule has 0 saturated carbocycles. The number of ether oxygens (including phenoxy) is 1. The third kappa shape index (κ3) is 2.40. The Balaban J connectivity index is 1.70. The lowest BCUT2D eigenvalue weighted by molar-refractivity contribution is 0.0365. The van der Waals surface area contributed by atoms with Gasteiger partial charge < -0.3 is 9.30 Å². The lowest BCUT2D eigenvalue weighted by Gasteiger charge is -2.26. The molecule has 0 spiro atoms. The Labute approximate surface area is 106 Å². The Kier molecular flexibility index (Phi) is 3.30. The normalized spacial score (nSPS) is 17.4. The molecule has 0 aliphatic carbocycles. The number of benzene rings is 1. The summed E-state index contributed by atoms with van der Waals surface area (Å²) in [5.41, 5.74) is 1.10. The van der Waals surface area contributed by atoms with Crippen LogP contribution in [0.2, 0.25) is 0 Å². The van der Waals surface area contributed by atoms with Crippen LogP contribution in [0.5, 0.6) is 0 Å². The lowest BCUT2D eigenvalue weighted by Crippen LogP contribution is -2.38. The summed E-state index contributed by atoms with van der Waals surface area (Å²) in [5, 5.41) is 0.969. The number of aromatic nitrogens is 1. The molecule has 0 radical (unpaired) electrons. The fraction of sp³-hybridized carbons (Fsp3) is 0.429. The Morgan fingerprint density at radius 1 is 1.11 bits per heavy atom. The Hall–Kier alpha value is -1.39. The van der Waals surface area contributed by atoms with Crippen molar-refractivity contribution in [3.8, 4) is 0 Å². The maximum Gasteiger partial charge on any atom is 0.123 e. The molecule has 1 saturated heterocycles. The zero-order chi connectivity index (χ0) is 12.4. The standard InChI is InChI=1S/C14H17FN2O/c15-13-1-2-14-12(11-13)3-4-17(14)6-5-16-7-9-18-10-8-16/h1-4,11H,5-10H2. The highest BCUT2D eigenvalue weighted by atomic mass is 19.1. The molecule has 1 aliphatic rings. The van der Waals surface area contributed by atoms with Crippen LogP contribution >= 0.6 is 0 Å². The second kappa shape index (κ2) is 5.08. The van der Waals surface area contributed by atoms with E-state index in [0.717, 1.165) is 50.3 Å². The van der Waals surface area contributed by atoms with Crippen molar-refractivity contribution in [2.24, 2.45) is 0 Å². The Morgan fingerprint density at radius 3 is 2.78 bits per heavy atom. The van der Waals surface area contributed by atoms with Crippen LogP contribution in [-0.4, -0.2) is 42.3 Å². The molecule has 3 nitrogen and oxygen atoms in total. The number of hydrogen-bond acceptors (Lipinski definition) is 2. The molecule has 0 atom stereocenters. The van der Waals surface area contributed by atoms with Crippen LogP contribution in [-0.2, 0) is 11.3 Å². The van der Waals surface area contributed by atoms with E-state index in [1.807, 2.05) is 18.3 Å². The van der Waals surface area contributed by atoms with Crippen LogP contribution < -0.4 is 0 Å². The van der Waals surface area contributed by atoms with E-state index in [-0.39, 0.29) is 5.82 Å². The molecule has 2 aromatic rings. The molecule has 96 valence electrons. The summed E-state index contributed by atoms with van der Waals surface area (Å²) in [6.45, 7) is 5.64. The molecule has 1 aromatic heterocycles. The number of halogens is 1. The van der Waals surface area contributed by atoms with Crippen molar-refractivity contribution in [3.05, 3.63) is 36.3 Å². The molecule has 18 heavy (non-hydrogen) atoms. The summed E-state index contributed by atoms with van der Waals surface area (Å²) in [7, 11) is 0. The van der Waals surface area contributed by atoms with E-state index in [1.165, 1.54) is 6.07 Å². The van der Waals surface area contributed by atoms with Crippen molar-refractivity contribution in [2.45, 2.75) is 6.54 Å². The average molecular weight is 248 g/mol. The van der Waals surface area contributed by atoms with Gasteiger partial charge in [-0.25, -0.2) is 4.39 Å². The Morgan fingerprint density at radius 2 is 1.94 bits per heavy atom. The maximum atomic E-state index is 13.1. The minimum Gasteiger partial charge on any atom is -0.379 e. The molecule has 3 rings (SSSR count). The highest BCUT2D eigenvalue weighted by Gasteiger charge is 2.10. The van der Waals surface area contributed by atoms with Gasteiger partial charge in [0.2, 0.25) is 0 Å². The number of morpholine rings is 1. The van der Waals surface area contributed by atoms with E-state index in [0.29, 0.717) is 0 Å². The highest BCUT2D eigenvalue weighted by Crippen LogP contribution is 2.17. The van der Waals surface area contributed by atoms with Crippen LogP contribution in [0, 0.1) is 5.82 Å². The van der Waals surface area contributed by atoms with Crippen molar-refractivity contribution in [3.63, 3.8) is 0 Å². The minimum absolute atomic E-state index is 0.173. The molecule has 1 aromatic carbocycles. The van der Waals surface area contributed by atoms with Crippen LogP contribution in [0.15, 0.2) is 30.5 Å². The minimum atomic E-state index is -0.173. The first kappa shape index (κ1) is 11.7. The van der Waals surface area contributed by atoms with Gasteiger partial charge in [-0.2, -0.15) is 0 Å². The largest absolute Gasteiger partial charge is 0.379 e. The summed E-state index contributed by atoms with van der Waals surface area (Å²) < 4.78 is 20.6. The van der Waals surface area contributed by atoms with Gasteiger partial charge in [-0.15, -0.1) is 0 Å². The number of hydrogen-bond donors (Lipinski definition) is 0. The van der Waals surface area contributed by atoms with Gasteiger partial charge in [0, 0.05) is 43.3 Å². The number of nitrogens with zero attached hydrogens (tertiary/aromatic N) is 2. The van der Waals surface area contributed by atoms with Crippen LogP contribution in [0.3, 0.4) is 0 Å². The zero-order valence-electron chi connectivity index (χ0n) is 10.3. The molecule has 2 heterocycles. The quantitative estimate of drug-likeness (QED) is 0.827. The van der Waals surface area contributed by atoms with Crippen LogP contribution in [0.4, 0.5) is 4.39 Å². The Bertz CT molecular complexity index is 532. The maximum absolute atomic E-state index is 13.1. The van der Waals surface area contributed by atoms with E-state index in [9.17, 15) is 4.39 Å². The van der Waals surface area contributed by atoms with Crippen molar-refractivity contribution in [1.29, 1.82) is 0 Å². The van der Waals surface area contributed by atoms with Crippen molar-refractivity contribution in [1.82, 2.24) is 9.47 Å². The smallest absolute Gasteiger partial charge is 0.123 e. The second-order valence-corrected chi connectivity index (χ2v) is 4.67. The van der Waals surface area contributed by atoms with Gasteiger partial charge in [-0.05, 0) is 24.3 Å². The summed E-state index contributed by atoms with van der Waals surface area (Å²) in [6.07, 6.45) is 2.03. The molecule has 1 fully saturated rings. The first-order valence-corrected chi connectivity index (χ1v) is 6.37. The van der Waals surface area contributed by atoms with E-state index in [2.05, 4.69) is 9.47 Å². The fourth-order valence-corrected chi connectivity index (χ4v) is 2.44. The zero-order valence-corrected chi connectivity index (χ0v) is 10.3. The van der Waals surface area contributed by atoms with Crippen LogP contribution in [0.25, 0.3) is 10.9 Å². The molecule has 0 unspecified atom stereocenters. The van der Waals surface area contributed by atoms with Gasteiger partial charge in [0.15, 0.2) is 0 Å². The second-order valence-electron chi connectivity index (χ2n) is 4.67. The summed E-state index contributed by atoms with van der Waals surface area (Å²) >= 11 is 0. The van der Waals surface area contributed by atoms with E-state index in [4.69, 9.17) is 4.74 Å². The highest BCUT2D eigenvalue weighted by molar-refractivity contribution is 5.80. The third-order valence-electron chi connectivity index (χ3n) is 3.49. The van der Waals surface area contributed by atoms with Gasteiger partial charge >= 0.3 is 0 Å². The third-order valence-corrected chi connectivity index (χ3v) is 3.49. The molecule has 1 aliphatic heterocycles. The van der Waals surface area contributed by atoms with E-state index >= 15 is 0 Å². The fourth-order valence-electron chi connectivity index (χ4n) is 2.44. The molecular weight excluding hydrogens is 231 g/mol.